The number of aliphatic hydroxyl groups is 1. The van der Waals surface area contributed by atoms with Crippen LogP contribution in [-0.4, -0.2) is 53.6 Å². The fourth-order valence-corrected chi connectivity index (χ4v) is 5.91. The molecule has 8 nitrogen and oxygen atoms in total. The van der Waals surface area contributed by atoms with E-state index in [1.807, 2.05) is 30.7 Å². The third-order valence-electron chi connectivity index (χ3n) is 6.91. The molecule has 0 saturated carbocycles. The third kappa shape index (κ3) is 3.57. The second kappa shape index (κ2) is 7.41. The molecule has 172 valence electrons. The number of fused-ring (bicyclic) bond motifs is 4. The minimum absolute atomic E-state index is 0.289. The number of benzene rings is 1. The standard InChI is InChI=1S/C24H28ClN7O/c1-24(2,33)12-31-11-18-19(30-31)6-5-16(21(18)25)17-9-28-23-22(17)27-10-20(29-23)32-14-3-4-15(32)8-13(26)7-14/h5-6,9-11,13-15,33H,3-4,7-8,12,26H2,1-2H3,(H,28,29). The Morgan fingerprint density at radius 2 is 1.97 bits per heavy atom. The largest absolute Gasteiger partial charge is 0.389 e. The van der Waals surface area contributed by atoms with Gasteiger partial charge in [0.15, 0.2) is 5.65 Å². The van der Waals surface area contributed by atoms with Crippen molar-refractivity contribution < 1.29 is 5.11 Å². The average Bonchev–Trinajstić information content (AvgIpc) is 3.41. The Morgan fingerprint density at radius 3 is 2.70 bits per heavy atom. The predicted molar refractivity (Wildman–Crippen MR) is 130 cm³/mol. The maximum Gasteiger partial charge on any atom is 0.159 e. The van der Waals surface area contributed by atoms with Crippen LogP contribution < -0.4 is 10.6 Å². The van der Waals surface area contributed by atoms with Gasteiger partial charge >= 0.3 is 0 Å². The molecule has 2 atom stereocenters. The molecule has 9 heteroatoms. The van der Waals surface area contributed by atoms with Crippen LogP contribution in [0, 0.1) is 0 Å². The van der Waals surface area contributed by atoms with E-state index in [1.165, 1.54) is 12.8 Å². The van der Waals surface area contributed by atoms with Crippen molar-refractivity contribution in [3.8, 4) is 11.1 Å². The van der Waals surface area contributed by atoms with Crippen LogP contribution >= 0.6 is 11.6 Å². The summed E-state index contributed by atoms with van der Waals surface area (Å²) in [6.45, 7) is 3.90. The van der Waals surface area contributed by atoms with E-state index in [0.29, 0.717) is 23.7 Å². The Morgan fingerprint density at radius 1 is 1.21 bits per heavy atom. The summed E-state index contributed by atoms with van der Waals surface area (Å²) in [5.74, 6) is 0.921. The lowest BCUT2D eigenvalue weighted by molar-refractivity contribution is 0.0580. The monoisotopic (exact) mass is 465 g/mol. The molecule has 6 rings (SSSR count). The Kier molecular flexibility index (Phi) is 4.69. The number of anilines is 1. The van der Waals surface area contributed by atoms with Gasteiger partial charge in [-0.25, -0.2) is 9.97 Å². The fourth-order valence-electron chi connectivity index (χ4n) is 5.60. The highest BCUT2D eigenvalue weighted by Crippen LogP contribution is 2.40. The Hall–Kier alpha value is -2.68. The highest BCUT2D eigenvalue weighted by Gasteiger charge is 2.40. The van der Waals surface area contributed by atoms with Gasteiger partial charge < -0.3 is 20.7 Å². The first-order chi connectivity index (χ1) is 15.8. The Labute approximate surface area is 196 Å². The highest BCUT2D eigenvalue weighted by atomic mass is 35.5. The lowest BCUT2D eigenvalue weighted by atomic mass is 9.98. The summed E-state index contributed by atoms with van der Waals surface area (Å²) in [7, 11) is 0. The van der Waals surface area contributed by atoms with Gasteiger partial charge in [-0.15, -0.1) is 0 Å². The summed E-state index contributed by atoms with van der Waals surface area (Å²) >= 11 is 6.83. The molecular formula is C24H28ClN7O. The smallest absolute Gasteiger partial charge is 0.159 e. The first-order valence-corrected chi connectivity index (χ1v) is 11.9. The lowest BCUT2D eigenvalue weighted by Crippen LogP contribution is -2.47. The summed E-state index contributed by atoms with van der Waals surface area (Å²) in [4.78, 5) is 15.5. The predicted octanol–water partition coefficient (Wildman–Crippen LogP) is 3.86. The number of nitrogens with zero attached hydrogens (tertiary/aromatic N) is 5. The minimum atomic E-state index is -0.861. The molecule has 4 N–H and O–H groups in total. The van der Waals surface area contributed by atoms with E-state index in [1.54, 1.807) is 18.5 Å². The molecule has 4 aromatic rings. The maximum atomic E-state index is 10.1. The second-order valence-corrected chi connectivity index (χ2v) is 10.5. The first-order valence-electron chi connectivity index (χ1n) is 11.5. The van der Waals surface area contributed by atoms with Crippen molar-refractivity contribution in [3.63, 3.8) is 0 Å². The number of piperidine rings is 1. The number of hydrogen-bond donors (Lipinski definition) is 3. The molecule has 0 amide bonds. The van der Waals surface area contributed by atoms with E-state index in [4.69, 9.17) is 27.3 Å². The van der Waals surface area contributed by atoms with Gasteiger partial charge in [0, 0.05) is 47.0 Å². The Bertz CT molecular complexity index is 1340. The molecule has 2 saturated heterocycles. The van der Waals surface area contributed by atoms with Crippen molar-refractivity contribution in [3.05, 3.63) is 35.7 Å². The number of hydrogen-bond acceptors (Lipinski definition) is 6. The summed E-state index contributed by atoms with van der Waals surface area (Å²) in [5, 5.41) is 16.1. The lowest BCUT2D eigenvalue weighted by Gasteiger charge is -2.38. The van der Waals surface area contributed by atoms with Crippen molar-refractivity contribution in [1.82, 2.24) is 24.7 Å². The molecule has 0 radical (unpaired) electrons. The van der Waals surface area contributed by atoms with Gasteiger partial charge in [0.25, 0.3) is 0 Å². The molecular weight excluding hydrogens is 438 g/mol. The molecule has 33 heavy (non-hydrogen) atoms. The van der Waals surface area contributed by atoms with Gasteiger partial charge in [-0.05, 0) is 45.6 Å². The first kappa shape index (κ1) is 20.9. The number of nitrogens with one attached hydrogen (secondary N) is 1. The van der Waals surface area contributed by atoms with Crippen LogP contribution in [0.2, 0.25) is 5.02 Å². The molecule has 2 bridgehead atoms. The third-order valence-corrected chi connectivity index (χ3v) is 7.32. The highest BCUT2D eigenvalue weighted by molar-refractivity contribution is 6.38. The fraction of sp³-hybridized carbons (Fsp3) is 0.458. The zero-order valence-electron chi connectivity index (χ0n) is 18.8. The summed E-state index contributed by atoms with van der Waals surface area (Å²) in [5.41, 5.74) is 9.51. The van der Waals surface area contributed by atoms with E-state index in [-0.39, 0.29) is 6.04 Å². The van der Waals surface area contributed by atoms with Crippen LogP contribution in [0.1, 0.15) is 39.5 Å². The van der Waals surface area contributed by atoms with Crippen molar-refractivity contribution in [1.29, 1.82) is 0 Å². The van der Waals surface area contributed by atoms with Gasteiger partial charge in [-0.3, -0.25) is 4.68 Å². The number of H-pyrrole nitrogens is 1. The number of halogens is 1. The summed E-state index contributed by atoms with van der Waals surface area (Å²) in [6, 6.07) is 5.12. The van der Waals surface area contributed by atoms with Gasteiger partial charge in [0.1, 0.15) is 11.3 Å². The van der Waals surface area contributed by atoms with Gasteiger partial charge in [-0.1, -0.05) is 17.7 Å². The molecule has 5 heterocycles. The minimum Gasteiger partial charge on any atom is -0.389 e. The summed E-state index contributed by atoms with van der Waals surface area (Å²) in [6.07, 6.45) is 10.1. The molecule has 0 aliphatic carbocycles. The van der Waals surface area contributed by atoms with Crippen molar-refractivity contribution >= 4 is 39.5 Å². The van der Waals surface area contributed by atoms with Crippen LogP contribution in [0.4, 0.5) is 5.82 Å². The van der Waals surface area contributed by atoms with E-state index in [9.17, 15) is 5.11 Å². The van der Waals surface area contributed by atoms with Crippen molar-refractivity contribution in [2.75, 3.05) is 4.90 Å². The molecule has 3 aromatic heterocycles. The van der Waals surface area contributed by atoms with Crippen LogP contribution in [0.5, 0.6) is 0 Å². The normalized spacial score (nSPS) is 23.2. The van der Waals surface area contributed by atoms with E-state index >= 15 is 0 Å². The van der Waals surface area contributed by atoms with Gasteiger partial charge in [0.05, 0.1) is 28.9 Å². The zero-order chi connectivity index (χ0) is 22.9. The maximum absolute atomic E-state index is 10.1. The number of aromatic amines is 1. The molecule has 2 aliphatic rings. The van der Waals surface area contributed by atoms with Crippen LogP contribution in [0.3, 0.4) is 0 Å². The van der Waals surface area contributed by atoms with Crippen LogP contribution in [0.25, 0.3) is 33.2 Å². The van der Waals surface area contributed by atoms with Crippen molar-refractivity contribution in [2.45, 2.75) is 69.8 Å². The van der Waals surface area contributed by atoms with Crippen LogP contribution in [-0.2, 0) is 6.54 Å². The van der Waals surface area contributed by atoms with E-state index in [2.05, 4.69) is 15.0 Å². The topological polar surface area (TPSA) is 109 Å². The van der Waals surface area contributed by atoms with Gasteiger partial charge in [0.2, 0.25) is 0 Å². The number of rotatable bonds is 4. The van der Waals surface area contributed by atoms with Crippen molar-refractivity contribution in [2.24, 2.45) is 5.73 Å². The van der Waals surface area contributed by atoms with E-state index in [0.717, 1.165) is 51.9 Å². The molecule has 2 unspecified atom stereocenters. The quantitative estimate of drug-likeness (QED) is 0.422. The molecule has 0 spiro atoms. The van der Waals surface area contributed by atoms with E-state index < -0.39 is 5.60 Å². The Balaban J connectivity index is 1.37. The average molecular weight is 466 g/mol. The van der Waals surface area contributed by atoms with Crippen LogP contribution in [0.15, 0.2) is 30.7 Å². The summed E-state index contributed by atoms with van der Waals surface area (Å²) < 4.78 is 1.74. The SMILES string of the molecule is CC(C)(O)Cn1cc2c(Cl)c(-c3c[nH]c4nc(N5C6CCC5CC(N)C6)cnc34)ccc2n1. The molecule has 2 aliphatic heterocycles. The molecule has 1 aromatic carbocycles. The number of nitrogens with two attached hydrogens (primary N) is 1. The zero-order valence-corrected chi connectivity index (χ0v) is 19.5. The number of aromatic nitrogens is 5. The van der Waals surface area contributed by atoms with Gasteiger partial charge in [-0.2, -0.15) is 5.10 Å². The second-order valence-electron chi connectivity index (χ2n) is 10.2. The molecule has 2 fully saturated rings.